The molecule has 1 heterocycles. The van der Waals surface area contributed by atoms with Gasteiger partial charge in [-0.3, -0.25) is 4.57 Å². The molecule has 2 aromatic rings. The van der Waals surface area contributed by atoms with Crippen molar-refractivity contribution in [3.8, 4) is 17.5 Å². The minimum Gasteiger partial charge on any atom is -0.495 e. The van der Waals surface area contributed by atoms with Gasteiger partial charge in [-0.25, -0.2) is 0 Å². The van der Waals surface area contributed by atoms with E-state index in [4.69, 9.17) is 10.5 Å². The summed E-state index contributed by atoms with van der Waals surface area (Å²) < 4.78 is 8.14. The van der Waals surface area contributed by atoms with Crippen molar-refractivity contribution in [1.29, 1.82) is 5.26 Å². The summed E-state index contributed by atoms with van der Waals surface area (Å²) in [7, 11) is 1.61. The summed E-state index contributed by atoms with van der Waals surface area (Å²) >= 11 is 3.44. The van der Waals surface area contributed by atoms with Crippen LogP contribution in [-0.4, -0.2) is 11.7 Å². The number of ether oxygens (including phenoxy) is 1. The Kier molecular flexibility index (Phi) is 3.54. The number of nitrogens with two attached hydrogens (primary N) is 1. The molecule has 1 aromatic heterocycles. The van der Waals surface area contributed by atoms with Crippen LogP contribution in [0.25, 0.3) is 5.69 Å². The highest BCUT2D eigenvalue weighted by Crippen LogP contribution is 2.33. The number of methoxy groups -OCH3 is 1. The van der Waals surface area contributed by atoms with Crippen LogP contribution in [0.2, 0.25) is 0 Å². The Bertz CT molecular complexity index is 683. The molecule has 98 valence electrons. The fraction of sp³-hybridized carbons (Fsp3) is 0.214. The molecule has 19 heavy (non-hydrogen) atoms. The van der Waals surface area contributed by atoms with Crippen LogP contribution < -0.4 is 10.5 Å². The smallest absolute Gasteiger partial charge is 0.142 e. The maximum absolute atomic E-state index is 9.18. The summed E-state index contributed by atoms with van der Waals surface area (Å²) in [6.07, 6.45) is 0. The lowest BCUT2D eigenvalue weighted by Gasteiger charge is -2.14. The van der Waals surface area contributed by atoms with Crippen LogP contribution in [0.15, 0.2) is 22.7 Å². The zero-order chi connectivity index (χ0) is 14.2. The van der Waals surface area contributed by atoms with Crippen molar-refractivity contribution in [2.45, 2.75) is 13.8 Å². The second-order valence-electron chi connectivity index (χ2n) is 4.23. The van der Waals surface area contributed by atoms with Gasteiger partial charge < -0.3 is 10.5 Å². The summed E-state index contributed by atoms with van der Waals surface area (Å²) in [4.78, 5) is 0. The van der Waals surface area contributed by atoms with Crippen LogP contribution >= 0.6 is 15.9 Å². The van der Waals surface area contributed by atoms with Crippen molar-refractivity contribution >= 4 is 21.7 Å². The molecule has 0 aliphatic carbocycles. The average molecular weight is 320 g/mol. The maximum atomic E-state index is 9.18. The van der Waals surface area contributed by atoms with E-state index in [1.54, 1.807) is 7.11 Å². The van der Waals surface area contributed by atoms with E-state index < -0.39 is 0 Å². The summed E-state index contributed by atoms with van der Waals surface area (Å²) in [5, 5.41) is 9.18. The standard InChI is InChI=1S/C14H14BrN3O/c1-8-9(2)18(14(17)11(8)7-16)12-6-10(15)4-5-13(12)19-3/h4-6H,17H2,1-3H3. The van der Waals surface area contributed by atoms with Crippen LogP contribution in [0.5, 0.6) is 5.75 Å². The first-order chi connectivity index (χ1) is 9.01. The molecule has 2 rings (SSSR count). The molecule has 0 aliphatic heterocycles. The second-order valence-corrected chi connectivity index (χ2v) is 5.15. The van der Waals surface area contributed by atoms with E-state index in [1.807, 2.05) is 36.6 Å². The van der Waals surface area contributed by atoms with Gasteiger partial charge in [0, 0.05) is 10.2 Å². The molecule has 0 atom stereocenters. The summed E-state index contributed by atoms with van der Waals surface area (Å²) in [6, 6.07) is 7.83. The predicted molar refractivity (Wildman–Crippen MR) is 78.6 cm³/mol. The Hall–Kier alpha value is -1.93. The van der Waals surface area contributed by atoms with Crippen molar-refractivity contribution in [2.24, 2.45) is 0 Å². The Labute approximate surface area is 120 Å². The average Bonchev–Trinajstić information content (AvgIpc) is 2.60. The molecular weight excluding hydrogens is 306 g/mol. The maximum Gasteiger partial charge on any atom is 0.142 e. The van der Waals surface area contributed by atoms with Crippen LogP contribution in [0.3, 0.4) is 0 Å². The van der Waals surface area contributed by atoms with E-state index in [1.165, 1.54) is 0 Å². The van der Waals surface area contributed by atoms with E-state index in [-0.39, 0.29) is 0 Å². The third-order valence-electron chi connectivity index (χ3n) is 3.24. The Morgan fingerprint density at radius 3 is 2.58 bits per heavy atom. The van der Waals surface area contributed by atoms with E-state index in [0.29, 0.717) is 17.1 Å². The number of benzene rings is 1. The number of nitrogen functional groups attached to an aromatic ring is 1. The van der Waals surface area contributed by atoms with Crippen molar-refractivity contribution < 1.29 is 4.74 Å². The first-order valence-corrected chi connectivity index (χ1v) is 6.52. The van der Waals surface area contributed by atoms with E-state index in [9.17, 15) is 5.26 Å². The molecule has 2 N–H and O–H groups in total. The number of rotatable bonds is 2. The van der Waals surface area contributed by atoms with Gasteiger partial charge in [-0.15, -0.1) is 0 Å². The fourth-order valence-corrected chi connectivity index (χ4v) is 2.47. The highest BCUT2D eigenvalue weighted by Gasteiger charge is 2.18. The molecule has 0 unspecified atom stereocenters. The number of hydrogen-bond donors (Lipinski definition) is 1. The zero-order valence-electron chi connectivity index (χ0n) is 11.0. The number of aromatic nitrogens is 1. The van der Waals surface area contributed by atoms with Gasteiger partial charge in [0.1, 0.15) is 17.6 Å². The lowest BCUT2D eigenvalue weighted by molar-refractivity contribution is 0.413. The summed E-state index contributed by atoms with van der Waals surface area (Å²) in [6.45, 7) is 3.83. The lowest BCUT2D eigenvalue weighted by atomic mass is 10.2. The molecule has 0 amide bonds. The first-order valence-electron chi connectivity index (χ1n) is 5.72. The van der Waals surface area contributed by atoms with Gasteiger partial charge in [0.15, 0.2) is 0 Å². The van der Waals surface area contributed by atoms with Crippen molar-refractivity contribution in [2.75, 3.05) is 12.8 Å². The van der Waals surface area contributed by atoms with E-state index in [2.05, 4.69) is 22.0 Å². The Morgan fingerprint density at radius 2 is 2.05 bits per heavy atom. The van der Waals surface area contributed by atoms with Gasteiger partial charge in [0.25, 0.3) is 0 Å². The second kappa shape index (κ2) is 4.98. The van der Waals surface area contributed by atoms with Gasteiger partial charge in [0.2, 0.25) is 0 Å². The largest absolute Gasteiger partial charge is 0.495 e. The highest BCUT2D eigenvalue weighted by atomic mass is 79.9. The number of anilines is 1. The van der Waals surface area contributed by atoms with Crippen LogP contribution in [0.1, 0.15) is 16.8 Å². The van der Waals surface area contributed by atoms with Crippen molar-refractivity contribution in [3.05, 3.63) is 39.5 Å². The van der Waals surface area contributed by atoms with Crippen LogP contribution in [-0.2, 0) is 0 Å². The van der Waals surface area contributed by atoms with E-state index in [0.717, 1.165) is 21.4 Å². The fourth-order valence-electron chi connectivity index (χ4n) is 2.12. The minimum atomic E-state index is 0.439. The van der Waals surface area contributed by atoms with Gasteiger partial charge in [-0.2, -0.15) is 5.26 Å². The Balaban J connectivity index is 2.80. The highest BCUT2D eigenvalue weighted by molar-refractivity contribution is 9.10. The molecule has 0 saturated carbocycles. The molecule has 0 bridgehead atoms. The quantitative estimate of drug-likeness (QED) is 0.923. The monoisotopic (exact) mass is 319 g/mol. The molecule has 0 radical (unpaired) electrons. The number of halogens is 1. The molecule has 4 nitrogen and oxygen atoms in total. The number of nitriles is 1. The number of hydrogen-bond acceptors (Lipinski definition) is 3. The van der Waals surface area contributed by atoms with Gasteiger partial charge in [0.05, 0.1) is 18.4 Å². The first kappa shape index (κ1) is 13.5. The predicted octanol–water partition coefficient (Wildman–Crippen LogP) is 3.32. The lowest BCUT2D eigenvalue weighted by Crippen LogP contribution is -2.04. The molecule has 0 spiro atoms. The minimum absolute atomic E-state index is 0.439. The van der Waals surface area contributed by atoms with Gasteiger partial charge in [-0.05, 0) is 37.6 Å². The third-order valence-corrected chi connectivity index (χ3v) is 3.74. The summed E-state index contributed by atoms with van der Waals surface area (Å²) in [5.41, 5.74) is 9.25. The van der Waals surface area contributed by atoms with E-state index >= 15 is 0 Å². The number of nitrogens with zero attached hydrogens (tertiary/aromatic N) is 2. The van der Waals surface area contributed by atoms with Crippen LogP contribution in [0.4, 0.5) is 5.82 Å². The molecule has 5 heteroatoms. The van der Waals surface area contributed by atoms with Crippen molar-refractivity contribution in [1.82, 2.24) is 4.57 Å². The van der Waals surface area contributed by atoms with Gasteiger partial charge in [-0.1, -0.05) is 15.9 Å². The molecule has 0 fully saturated rings. The van der Waals surface area contributed by atoms with Crippen LogP contribution in [0, 0.1) is 25.2 Å². The topological polar surface area (TPSA) is 64.0 Å². The molecule has 1 aromatic carbocycles. The Morgan fingerprint density at radius 1 is 1.37 bits per heavy atom. The zero-order valence-corrected chi connectivity index (χ0v) is 12.6. The normalized spacial score (nSPS) is 10.3. The van der Waals surface area contributed by atoms with Crippen molar-refractivity contribution in [3.63, 3.8) is 0 Å². The summed E-state index contributed by atoms with van der Waals surface area (Å²) in [5.74, 6) is 1.14. The van der Waals surface area contributed by atoms with Gasteiger partial charge >= 0.3 is 0 Å². The molecule has 0 saturated heterocycles. The molecule has 0 aliphatic rings. The third kappa shape index (κ3) is 2.08. The molecular formula is C14H14BrN3O. The SMILES string of the molecule is COc1ccc(Br)cc1-n1c(C)c(C)c(C#N)c1N.